The van der Waals surface area contributed by atoms with Crippen LogP contribution in [0.4, 0.5) is 0 Å². The topological polar surface area (TPSA) is 83.1 Å². The first-order valence-electron chi connectivity index (χ1n) is 8.29. The first kappa shape index (κ1) is 18.8. The molecule has 8 heteroatoms. The summed E-state index contributed by atoms with van der Waals surface area (Å²) in [4.78, 5) is 23.5. The molecule has 1 atom stereocenters. The van der Waals surface area contributed by atoms with Gasteiger partial charge >= 0.3 is 5.97 Å². The first-order chi connectivity index (χ1) is 13.1. The molecule has 0 aromatic heterocycles. The number of halogens is 1. The summed E-state index contributed by atoms with van der Waals surface area (Å²) in [6.07, 6.45) is -0.314. The molecule has 1 aliphatic rings. The van der Waals surface area contributed by atoms with Crippen LogP contribution in [0.5, 0.6) is 17.2 Å². The van der Waals surface area contributed by atoms with E-state index in [1.807, 2.05) is 18.2 Å². The van der Waals surface area contributed by atoms with Crippen molar-refractivity contribution in [3.63, 3.8) is 0 Å². The van der Waals surface area contributed by atoms with E-state index in [0.717, 1.165) is 0 Å². The second-order valence-electron chi connectivity index (χ2n) is 5.71. The van der Waals surface area contributed by atoms with Crippen LogP contribution in [-0.4, -0.2) is 44.3 Å². The minimum Gasteiger partial charge on any atom is -0.486 e. The molecule has 3 rings (SSSR count). The van der Waals surface area contributed by atoms with Crippen molar-refractivity contribution in [2.45, 2.75) is 6.10 Å². The van der Waals surface area contributed by atoms with Crippen LogP contribution in [0.1, 0.15) is 0 Å². The second kappa shape index (κ2) is 9.14. The number of ether oxygens (including phenoxy) is 4. The molecule has 1 unspecified atom stereocenters. The summed E-state index contributed by atoms with van der Waals surface area (Å²) >= 11 is 5.82. The lowest BCUT2D eigenvalue weighted by atomic mass is 10.2. The smallest absolute Gasteiger partial charge is 0.344 e. The molecular formula is C19H18ClNO6. The summed E-state index contributed by atoms with van der Waals surface area (Å²) < 4.78 is 21.4. The summed E-state index contributed by atoms with van der Waals surface area (Å²) in [5.41, 5.74) is 0. The molecule has 2 aromatic rings. The summed E-state index contributed by atoms with van der Waals surface area (Å²) in [6.45, 7) is -0.153. The van der Waals surface area contributed by atoms with E-state index in [1.165, 1.54) is 0 Å². The highest BCUT2D eigenvalue weighted by atomic mass is 35.5. The maximum Gasteiger partial charge on any atom is 0.344 e. The Labute approximate surface area is 161 Å². The van der Waals surface area contributed by atoms with Gasteiger partial charge in [0.1, 0.15) is 18.5 Å². The van der Waals surface area contributed by atoms with Crippen molar-refractivity contribution in [1.29, 1.82) is 0 Å². The Kier molecular flexibility index (Phi) is 6.38. The molecular weight excluding hydrogens is 374 g/mol. The minimum absolute atomic E-state index is 0.240. The molecule has 0 radical (unpaired) electrons. The van der Waals surface area contributed by atoms with Crippen LogP contribution >= 0.6 is 11.6 Å². The highest BCUT2D eigenvalue weighted by Crippen LogP contribution is 2.30. The fraction of sp³-hybridized carbons (Fsp3) is 0.263. The third-order valence-electron chi connectivity index (χ3n) is 3.61. The molecule has 0 saturated heterocycles. The summed E-state index contributed by atoms with van der Waals surface area (Å²) in [7, 11) is 0. The van der Waals surface area contributed by atoms with Crippen LogP contribution in [-0.2, 0) is 14.3 Å². The molecule has 0 aliphatic carbocycles. The van der Waals surface area contributed by atoms with Gasteiger partial charge in [-0.25, -0.2) is 4.79 Å². The van der Waals surface area contributed by atoms with E-state index in [-0.39, 0.29) is 19.3 Å². The Balaban J connectivity index is 1.33. The monoisotopic (exact) mass is 391 g/mol. The van der Waals surface area contributed by atoms with Gasteiger partial charge in [0.05, 0.1) is 6.54 Å². The SMILES string of the molecule is O=C(COC(=O)COc1cccc(Cl)c1)NCC1COc2ccccc2O1. The van der Waals surface area contributed by atoms with Gasteiger partial charge in [-0.2, -0.15) is 0 Å². The molecule has 1 N–H and O–H groups in total. The van der Waals surface area contributed by atoms with Gasteiger partial charge < -0.3 is 24.3 Å². The molecule has 1 aliphatic heterocycles. The molecule has 0 bridgehead atoms. The number of esters is 1. The fourth-order valence-electron chi connectivity index (χ4n) is 2.33. The van der Waals surface area contributed by atoms with Crippen LogP contribution < -0.4 is 19.5 Å². The zero-order chi connectivity index (χ0) is 19.1. The number of fused-ring (bicyclic) bond motifs is 1. The average molecular weight is 392 g/mol. The molecule has 2 aromatic carbocycles. The third kappa shape index (κ3) is 5.79. The summed E-state index contributed by atoms with van der Waals surface area (Å²) in [5.74, 6) is 0.657. The van der Waals surface area contributed by atoms with E-state index in [2.05, 4.69) is 5.32 Å². The van der Waals surface area contributed by atoms with Crippen molar-refractivity contribution >= 4 is 23.5 Å². The lowest BCUT2D eigenvalue weighted by Crippen LogP contribution is -2.42. The Morgan fingerprint density at radius 1 is 1.11 bits per heavy atom. The predicted octanol–water partition coefficient (Wildman–Crippen LogP) is 2.22. The van der Waals surface area contributed by atoms with E-state index in [0.29, 0.717) is 28.9 Å². The molecule has 142 valence electrons. The van der Waals surface area contributed by atoms with Gasteiger partial charge in [0.25, 0.3) is 5.91 Å². The number of nitrogens with one attached hydrogen (secondary N) is 1. The molecule has 1 amide bonds. The lowest BCUT2D eigenvalue weighted by molar-refractivity contribution is -0.150. The Morgan fingerprint density at radius 3 is 2.74 bits per heavy atom. The zero-order valence-electron chi connectivity index (χ0n) is 14.4. The van der Waals surface area contributed by atoms with E-state index >= 15 is 0 Å². The Morgan fingerprint density at radius 2 is 1.93 bits per heavy atom. The fourth-order valence-corrected chi connectivity index (χ4v) is 2.51. The van der Waals surface area contributed by atoms with Crippen LogP contribution in [0, 0.1) is 0 Å². The second-order valence-corrected chi connectivity index (χ2v) is 6.14. The van der Waals surface area contributed by atoms with Crippen LogP contribution in [0.15, 0.2) is 48.5 Å². The van der Waals surface area contributed by atoms with Gasteiger partial charge in [0.15, 0.2) is 24.7 Å². The van der Waals surface area contributed by atoms with Crippen LogP contribution in [0.3, 0.4) is 0 Å². The van der Waals surface area contributed by atoms with E-state index in [1.54, 1.807) is 30.3 Å². The number of carbonyl (C=O) groups excluding carboxylic acids is 2. The molecule has 0 fully saturated rings. The summed E-state index contributed by atoms with van der Waals surface area (Å²) in [5, 5.41) is 3.14. The maximum atomic E-state index is 11.8. The molecule has 27 heavy (non-hydrogen) atoms. The van der Waals surface area contributed by atoms with Gasteiger partial charge in [0, 0.05) is 5.02 Å². The maximum absolute atomic E-state index is 11.8. The zero-order valence-corrected chi connectivity index (χ0v) is 15.1. The Hall–Kier alpha value is -2.93. The van der Waals surface area contributed by atoms with Crippen molar-refractivity contribution in [3.8, 4) is 17.2 Å². The number of hydrogen-bond acceptors (Lipinski definition) is 6. The third-order valence-corrected chi connectivity index (χ3v) is 3.85. The number of amides is 1. The van der Waals surface area contributed by atoms with Gasteiger partial charge in [-0.15, -0.1) is 0 Å². The standard InChI is InChI=1S/C19H18ClNO6/c20-13-4-3-5-14(8-13)24-12-19(23)26-11-18(22)21-9-15-10-25-16-6-1-2-7-17(16)27-15/h1-8,15H,9-12H2,(H,21,22). The number of para-hydroxylation sites is 2. The minimum atomic E-state index is -0.656. The van der Waals surface area contributed by atoms with E-state index in [4.69, 9.17) is 30.5 Å². The van der Waals surface area contributed by atoms with Crippen LogP contribution in [0.2, 0.25) is 5.02 Å². The number of benzene rings is 2. The number of rotatable bonds is 7. The average Bonchev–Trinajstić information content (AvgIpc) is 2.69. The van der Waals surface area contributed by atoms with Crippen molar-refractivity contribution in [1.82, 2.24) is 5.32 Å². The molecule has 7 nitrogen and oxygen atoms in total. The van der Waals surface area contributed by atoms with Crippen molar-refractivity contribution in [2.75, 3.05) is 26.4 Å². The largest absolute Gasteiger partial charge is 0.486 e. The van der Waals surface area contributed by atoms with Gasteiger partial charge in [-0.1, -0.05) is 29.8 Å². The van der Waals surface area contributed by atoms with E-state index in [9.17, 15) is 9.59 Å². The Bertz CT molecular complexity index is 812. The van der Waals surface area contributed by atoms with Gasteiger partial charge in [0.2, 0.25) is 0 Å². The number of carbonyl (C=O) groups is 2. The quantitative estimate of drug-likeness (QED) is 0.729. The first-order valence-corrected chi connectivity index (χ1v) is 8.67. The van der Waals surface area contributed by atoms with Crippen LogP contribution in [0.25, 0.3) is 0 Å². The number of hydrogen-bond donors (Lipinski definition) is 1. The van der Waals surface area contributed by atoms with Crippen molar-refractivity contribution in [2.24, 2.45) is 0 Å². The van der Waals surface area contributed by atoms with Crippen molar-refractivity contribution in [3.05, 3.63) is 53.6 Å². The lowest BCUT2D eigenvalue weighted by Gasteiger charge is -2.26. The normalized spacial score (nSPS) is 14.9. The predicted molar refractivity (Wildman–Crippen MR) is 97.3 cm³/mol. The van der Waals surface area contributed by atoms with Gasteiger partial charge in [-0.05, 0) is 30.3 Å². The van der Waals surface area contributed by atoms with Gasteiger partial charge in [-0.3, -0.25) is 4.79 Å². The van der Waals surface area contributed by atoms with E-state index < -0.39 is 18.5 Å². The summed E-state index contributed by atoms with van der Waals surface area (Å²) in [6, 6.07) is 13.9. The highest BCUT2D eigenvalue weighted by molar-refractivity contribution is 6.30. The highest BCUT2D eigenvalue weighted by Gasteiger charge is 2.21. The molecule has 0 saturated carbocycles. The molecule has 1 heterocycles. The van der Waals surface area contributed by atoms with Crippen molar-refractivity contribution < 1.29 is 28.5 Å². The molecule has 0 spiro atoms.